The lowest BCUT2D eigenvalue weighted by atomic mass is 9.98. The fourth-order valence-electron chi connectivity index (χ4n) is 5.63. The highest BCUT2D eigenvalue weighted by Crippen LogP contribution is 2.29. The number of hydrogen-bond acceptors (Lipinski definition) is 8. The van der Waals surface area contributed by atoms with Crippen LogP contribution in [0.3, 0.4) is 0 Å². The molecular formula is C31H36N4O8S2. The van der Waals surface area contributed by atoms with Gasteiger partial charge in [0.1, 0.15) is 5.75 Å². The first-order chi connectivity index (χ1) is 21.3. The molecule has 45 heavy (non-hydrogen) atoms. The Morgan fingerprint density at radius 2 is 1.69 bits per heavy atom. The highest BCUT2D eigenvalue weighted by molar-refractivity contribution is 7.92. The molecule has 4 aromatic rings. The van der Waals surface area contributed by atoms with Crippen LogP contribution >= 0.6 is 0 Å². The minimum absolute atomic E-state index is 0.0136. The monoisotopic (exact) mass is 656 g/mol. The maximum absolute atomic E-state index is 13.4. The number of anilines is 1. The van der Waals surface area contributed by atoms with E-state index in [0.29, 0.717) is 43.6 Å². The van der Waals surface area contributed by atoms with Gasteiger partial charge in [0.05, 0.1) is 34.9 Å². The summed E-state index contributed by atoms with van der Waals surface area (Å²) in [5.41, 5.74) is 2.66. The van der Waals surface area contributed by atoms with Gasteiger partial charge in [0.2, 0.25) is 20.0 Å². The van der Waals surface area contributed by atoms with Crippen molar-refractivity contribution in [3.63, 3.8) is 0 Å². The van der Waals surface area contributed by atoms with Crippen LogP contribution in [-0.2, 0) is 31.3 Å². The summed E-state index contributed by atoms with van der Waals surface area (Å²) in [4.78, 5) is 11.5. The van der Waals surface area contributed by atoms with Crippen LogP contribution in [0.2, 0.25) is 0 Å². The van der Waals surface area contributed by atoms with Crippen molar-refractivity contribution >= 4 is 42.6 Å². The number of hydrogen-bond donors (Lipinski definition) is 5. The number of phenolic OH excluding ortho intramolecular Hbond substituents is 1. The number of aliphatic carboxylic acids is 1. The number of rotatable bonds is 12. The summed E-state index contributed by atoms with van der Waals surface area (Å²) in [6, 6.07) is 18.3. The lowest BCUT2D eigenvalue weighted by Gasteiger charge is -2.31. The Balaban J connectivity index is 1.16. The van der Waals surface area contributed by atoms with E-state index in [1.165, 1.54) is 22.5 Å². The van der Waals surface area contributed by atoms with Gasteiger partial charge in [-0.2, -0.15) is 4.31 Å². The summed E-state index contributed by atoms with van der Waals surface area (Å²) in [5, 5.41) is 33.8. The number of aromatic hydroxyl groups is 1. The number of aromatic nitrogens is 1. The maximum Gasteiger partial charge on any atom is 0.307 e. The number of nitrogens with one attached hydrogen (secondary N) is 2. The standard InChI is InChI=1S/C31H36N4O8S2/c1-44(40,41)33-27-16-22(6-11-29(27)36)30(37)19-32-18-21-12-14-34(15-13-21)45(42,43)25-9-7-24(8-10-25)35-20-23(17-31(38)39)26-4-2-3-5-28(26)35/h2-11,16,20-21,30,32-33,36-37H,12-15,17-19H2,1H3,(H,38,39)/t30-/m1/s1. The Hall–Kier alpha value is -3.95. The first-order valence-electron chi connectivity index (χ1n) is 14.4. The summed E-state index contributed by atoms with van der Waals surface area (Å²) in [7, 11) is -7.31. The summed E-state index contributed by atoms with van der Waals surface area (Å²) in [5.74, 6) is -0.969. The zero-order chi connectivity index (χ0) is 32.4. The Labute approximate surface area is 262 Å². The number of piperidine rings is 1. The van der Waals surface area contributed by atoms with Crippen molar-refractivity contribution < 1.29 is 36.9 Å². The molecule has 1 aliphatic rings. The van der Waals surface area contributed by atoms with Crippen molar-refractivity contribution in [2.24, 2.45) is 5.92 Å². The molecule has 1 fully saturated rings. The van der Waals surface area contributed by atoms with Gasteiger partial charge in [0.25, 0.3) is 0 Å². The first-order valence-corrected chi connectivity index (χ1v) is 17.8. The van der Waals surface area contributed by atoms with Gasteiger partial charge in [0.15, 0.2) is 0 Å². The number of phenols is 1. The summed E-state index contributed by atoms with van der Waals surface area (Å²) < 4.78 is 55.5. The van der Waals surface area contributed by atoms with Crippen molar-refractivity contribution in [3.8, 4) is 11.4 Å². The molecule has 1 aromatic heterocycles. The average Bonchev–Trinajstić information content (AvgIpc) is 3.35. The molecule has 2 heterocycles. The van der Waals surface area contributed by atoms with Crippen molar-refractivity contribution in [3.05, 3.63) is 84.1 Å². The molecule has 1 aliphatic heterocycles. The average molecular weight is 657 g/mol. The normalized spacial score (nSPS) is 15.7. The number of fused-ring (bicyclic) bond motifs is 1. The molecule has 12 nitrogen and oxygen atoms in total. The van der Waals surface area contributed by atoms with Gasteiger partial charge < -0.3 is 25.2 Å². The van der Waals surface area contributed by atoms with Gasteiger partial charge >= 0.3 is 5.97 Å². The van der Waals surface area contributed by atoms with E-state index >= 15 is 0 Å². The third-order valence-electron chi connectivity index (χ3n) is 7.93. The van der Waals surface area contributed by atoms with E-state index in [1.807, 2.05) is 28.8 Å². The molecule has 0 amide bonds. The van der Waals surface area contributed by atoms with Crippen molar-refractivity contribution in [1.82, 2.24) is 14.2 Å². The highest BCUT2D eigenvalue weighted by atomic mass is 32.2. The van der Waals surface area contributed by atoms with Crippen molar-refractivity contribution in [1.29, 1.82) is 0 Å². The molecule has 14 heteroatoms. The van der Waals surface area contributed by atoms with Crippen LogP contribution in [0.4, 0.5) is 5.69 Å². The van der Waals surface area contributed by atoms with Crippen LogP contribution in [-0.4, -0.2) is 79.4 Å². The van der Waals surface area contributed by atoms with Crippen LogP contribution in [0, 0.1) is 5.92 Å². The van der Waals surface area contributed by atoms with Gasteiger partial charge in [-0.25, -0.2) is 16.8 Å². The second-order valence-corrected chi connectivity index (χ2v) is 15.0. The number of sulfonamides is 2. The minimum atomic E-state index is -3.71. The lowest BCUT2D eigenvalue weighted by molar-refractivity contribution is -0.136. The number of aliphatic hydroxyl groups excluding tert-OH is 1. The van der Waals surface area contributed by atoms with Gasteiger partial charge in [0, 0.05) is 36.9 Å². The minimum Gasteiger partial charge on any atom is -0.506 e. The fraction of sp³-hybridized carbons (Fsp3) is 0.323. The van der Waals surface area contributed by atoms with Crippen molar-refractivity contribution in [2.45, 2.75) is 30.3 Å². The van der Waals surface area contributed by atoms with Crippen LogP contribution in [0.15, 0.2) is 77.8 Å². The molecular weight excluding hydrogens is 620 g/mol. The van der Waals surface area contributed by atoms with E-state index in [9.17, 15) is 36.9 Å². The predicted molar refractivity (Wildman–Crippen MR) is 171 cm³/mol. The molecule has 0 bridgehead atoms. The van der Waals surface area contributed by atoms with Crippen LogP contribution < -0.4 is 10.0 Å². The van der Waals surface area contributed by atoms with E-state index in [1.54, 1.807) is 30.5 Å². The topological polar surface area (TPSA) is 178 Å². The van der Waals surface area contributed by atoms with Gasteiger partial charge in [-0.1, -0.05) is 24.3 Å². The summed E-state index contributed by atoms with van der Waals surface area (Å²) >= 11 is 0. The number of carboxylic acid groups (broad SMARTS) is 1. The van der Waals surface area contributed by atoms with Crippen molar-refractivity contribution in [2.75, 3.05) is 37.2 Å². The molecule has 0 spiro atoms. The third-order valence-corrected chi connectivity index (χ3v) is 10.4. The molecule has 5 rings (SSSR count). The summed E-state index contributed by atoms with van der Waals surface area (Å²) in [6.45, 7) is 1.49. The fourth-order valence-corrected chi connectivity index (χ4v) is 7.67. The van der Waals surface area contributed by atoms with E-state index in [0.717, 1.165) is 22.8 Å². The number of carbonyl (C=O) groups is 1. The number of carboxylic acids is 1. The van der Waals surface area contributed by atoms with E-state index in [4.69, 9.17) is 0 Å². The SMILES string of the molecule is CS(=O)(=O)Nc1cc([C@H](O)CNCC2CCN(S(=O)(=O)c3ccc(-n4cc(CC(=O)O)c5ccccc54)cc3)CC2)ccc1O. The summed E-state index contributed by atoms with van der Waals surface area (Å²) in [6.07, 6.45) is 2.97. The van der Waals surface area contributed by atoms with E-state index in [2.05, 4.69) is 10.0 Å². The van der Waals surface area contributed by atoms with E-state index in [-0.39, 0.29) is 35.2 Å². The Morgan fingerprint density at radius 1 is 1.00 bits per heavy atom. The van der Waals surface area contributed by atoms with Crippen LogP contribution in [0.5, 0.6) is 5.75 Å². The molecule has 0 aliphatic carbocycles. The Morgan fingerprint density at radius 3 is 2.36 bits per heavy atom. The van der Waals surface area contributed by atoms with Gasteiger partial charge in [-0.15, -0.1) is 0 Å². The number of aliphatic hydroxyl groups is 1. The van der Waals surface area contributed by atoms with E-state index < -0.39 is 32.1 Å². The second-order valence-electron chi connectivity index (χ2n) is 11.3. The first kappa shape index (κ1) is 32.4. The Kier molecular flexibility index (Phi) is 9.51. The number of nitrogens with zero attached hydrogens (tertiary/aromatic N) is 2. The molecule has 0 radical (unpaired) electrons. The quantitative estimate of drug-likeness (QED) is 0.143. The smallest absolute Gasteiger partial charge is 0.307 e. The van der Waals surface area contributed by atoms with Gasteiger partial charge in [-0.3, -0.25) is 9.52 Å². The number of benzene rings is 3. The molecule has 1 saturated heterocycles. The predicted octanol–water partition coefficient (Wildman–Crippen LogP) is 3.06. The molecule has 1 atom stereocenters. The molecule has 0 saturated carbocycles. The third kappa shape index (κ3) is 7.65. The van der Waals surface area contributed by atoms with Gasteiger partial charge in [-0.05, 0) is 78.9 Å². The molecule has 5 N–H and O–H groups in total. The molecule has 3 aromatic carbocycles. The highest BCUT2D eigenvalue weighted by Gasteiger charge is 2.29. The zero-order valence-corrected chi connectivity index (χ0v) is 26.3. The Bertz CT molecular complexity index is 1900. The molecule has 240 valence electrons. The maximum atomic E-state index is 13.4. The lowest BCUT2D eigenvalue weighted by Crippen LogP contribution is -2.41. The number of para-hydroxylation sites is 1. The zero-order valence-electron chi connectivity index (χ0n) is 24.6. The van der Waals surface area contributed by atoms with Crippen LogP contribution in [0.25, 0.3) is 16.6 Å². The van der Waals surface area contributed by atoms with Crippen LogP contribution in [0.1, 0.15) is 30.1 Å². The molecule has 0 unspecified atom stereocenters. The largest absolute Gasteiger partial charge is 0.506 e. The second kappa shape index (κ2) is 13.2.